The average Bonchev–Trinajstić information content (AvgIpc) is 2.39. The fraction of sp³-hybridized carbons (Fsp3) is 0.429. The Kier molecular flexibility index (Phi) is 4.12. The summed E-state index contributed by atoms with van der Waals surface area (Å²) in [6.07, 6.45) is 2.28. The quantitative estimate of drug-likeness (QED) is 0.693. The molecule has 1 aromatic rings. The van der Waals surface area contributed by atoms with Gasteiger partial charge in [-0.05, 0) is 37.0 Å². The van der Waals surface area contributed by atoms with E-state index in [1.165, 1.54) is 0 Å². The Morgan fingerprint density at radius 3 is 2.35 bits per heavy atom. The van der Waals surface area contributed by atoms with E-state index in [2.05, 4.69) is 4.90 Å². The lowest BCUT2D eigenvalue weighted by Gasteiger charge is -2.34. The Morgan fingerprint density at radius 2 is 1.85 bits per heavy atom. The molecule has 6 heteroatoms. The highest BCUT2D eigenvalue weighted by atomic mass is 16.1. The Hall–Kier alpha value is -2.24. The first-order valence-electron chi connectivity index (χ1n) is 6.70. The molecular weight excluding hydrogens is 256 g/mol. The average molecular weight is 276 g/mol. The minimum Gasteiger partial charge on any atom is -0.397 e. The normalized spacial score (nSPS) is 16.1. The maximum Gasteiger partial charge on any atom is 0.248 e. The van der Waals surface area contributed by atoms with Gasteiger partial charge in [0.25, 0.3) is 0 Å². The van der Waals surface area contributed by atoms with Crippen LogP contribution >= 0.6 is 0 Å². The molecule has 1 aliphatic heterocycles. The van der Waals surface area contributed by atoms with Crippen molar-refractivity contribution in [3.05, 3.63) is 23.8 Å². The van der Waals surface area contributed by atoms with Gasteiger partial charge in [0.05, 0.1) is 11.4 Å². The van der Waals surface area contributed by atoms with Gasteiger partial charge < -0.3 is 22.1 Å². The van der Waals surface area contributed by atoms with E-state index in [1.807, 2.05) is 6.07 Å². The molecule has 0 aliphatic carbocycles. The summed E-state index contributed by atoms with van der Waals surface area (Å²) in [4.78, 5) is 24.2. The van der Waals surface area contributed by atoms with Crippen LogP contribution in [0.25, 0.3) is 0 Å². The van der Waals surface area contributed by atoms with Crippen molar-refractivity contribution in [2.45, 2.75) is 19.3 Å². The molecular formula is C14H20N4O2. The predicted octanol–water partition coefficient (Wildman–Crippen LogP) is 0.459. The summed E-state index contributed by atoms with van der Waals surface area (Å²) in [6.45, 7) is 1.66. The van der Waals surface area contributed by atoms with Crippen LogP contribution in [0.3, 0.4) is 0 Å². The first kappa shape index (κ1) is 14.2. The summed E-state index contributed by atoms with van der Waals surface area (Å²) in [5.41, 5.74) is 18.3. The van der Waals surface area contributed by atoms with E-state index in [-0.39, 0.29) is 5.91 Å². The van der Waals surface area contributed by atoms with Crippen molar-refractivity contribution in [2.75, 3.05) is 23.7 Å². The van der Waals surface area contributed by atoms with Gasteiger partial charge in [0.2, 0.25) is 11.8 Å². The molecule has 1 saturated heterocycles. The lowest BCUT2D eigenvalue weighted by Crippen LogP contribution is -2.35. The summed E-state index contributed by atoms with van der Waals surface area (Å²) in [6, 6.07) is 5.11. The van der Waals surface area contributed by atoms with Crippen molar-refractivity contribution in [1.82, 2.24) is 0 Å². The standard InChI is InChI=1S/C14H20N4O2/c15-11-8-10(14(17)20)1-2-12(11)18-5-3-9(4-6-18)7-13(16)19/h1-2,8-9H,3-7,15H2,(H2,16,19)(H2,17,20). The van der Waals surface area contributed by atoms with Crippen molar-refractivity contribution in [3.63, 3.8) is 0 Å². The second kappa shape index (κ2) is 5.81. The lowest BCUT2D eigenvalue weighted by molar-refractivity contribution is -0.119. The number of carbonyl (C=O) groups is 2. The number of hydrogen-bond acceptors (Lipinski definition) is 4. The van der Waals surface area contributed by atoms with Crippen molar-refractivity contribution in [2.24, 2.45) is 17.4 Å². The van der Waals surface area contributed by atoms with Crippen LogP contribution in [-0.2, 0) is 4.79 Å². The Bertz CT molecular complexity index is 522. The molecule has 0 aromatic heterocycles. The van der Waals surface area contributed by atoms with E-state index in [0.29, 0.717) is 23.6 Å². The first-order chi connectivity index (χ1) is 9.47. The molecule has 108 valence electrons. The van der Waals surface area contributed by atoms with Crippen molar-refractivity contribution in [3.8, 4) is 0 Å². The van der Waals surface area contributed by atoms with Crippen LogP contribution in [0, 0.1) is 5.92 Å². The number of anilines is 2. The number of benzene rings is 1. The Labute approximate surface area is 117 Å². The number of rotatable bonds is 4. The second-order valence-corrected chi connectivity index (χ2v) is 5.24. The summed E-state index contributed by atoms with van der Waals surface area (Å²) in [5, 5.41) is 0. The Balaban J connectivity index is 2.03. The number of piperidine rings is 1. The van der Waals surface area contributed by atoms with Gasteiger partial charge in [-0.25, -0.2) is 0 Å². The van der Waals surface area contributed by atoms with Gasteiger partial charge in [-0.15, -0.1) is 0 Å². The zero-order chi connectivity index (χ0) is 14.7. The molecule has 0 spiro atoms. The van der Waals surface area contributed by atoms with Gasteiger partial charge >= 0.3 is 0 Å². The minimum absolute atomic E-state index is 0.242. The summed E-state index contributed by atoms with van der Waals surface area (Å²) in [5.74, 6) is -0.368. The molecule has 2 rings (SSSR count). The number of primary amides is 2. The molecule has 20 heavy (non-hydrogen) atoms. The van der Waals surface area contributed by atoms with Crippen molar-refractivity contribution in [1.29, 1.82) is 0 Å². The second-order valence-electron chi connectivity index (χ2n) is 5.24. The highest BCUT2D eigenvalue weighted by Crippen LogP contribution is 2.29. The number of hydrogen-bond donors (Lipinski definition) is 3. The van der Waals surface area contributed by atoms with Crippen LogP contribution in [0.2, 0.25) is 0 Å². The smallest absolute Gasteiger partial charge is 0.248 e. The van der Waals surface area contributed by atoms with E-state index < -0.39 is 5.91 Å². The highest BCUT2D eigenvalue weighted by Gasteiger charge is 2.22. The van der Waals surface area contributed by atoms with Crippen LogP contribution in [0.1, 0.15) is 29.6 Å². The molecule has 0 radical (unpaired) electrons. The van der Waals surface area contributed by atoms with Gasteiger partial charge in [0.1, 0.15) is 0 Å². The molecule has 0 unspecified atom stereocenters. The number of amides is 2. The van der Waals surface area contributed by atoms with Gasteiger partial charge in [-0.2, -0.15) is 0 Å². The summed E-state index contributed by atoms with van der Waals surface area (Å²) >= 11 is 0. The molecule has 1 fully saturated rings. The van der Waals surface area contributed by atoms with E-state index in [4.69, 9.17) is 17.2 Å². The van der Waals surface area contributed by atoms with E-state index in [9.17, 15) is 9.59 Å². The highest BCUT2D eigenvalue weighted by molar-refractivity contribution is 5.94. The third-order valence-corrected chi connectivity index (χ3v) is 3.76. The monoisotopic (exact) mass is 276 g/mol. The van der Waals surface area contributed by atoms with Crippen LogP contribution in [0.5, 0.6) is 0 Å². The van der Waals surface area contributed by atoms with Gasteiger partial charge in [-0.3, -0.25) is 9.59 Å². The number of nitrogens with zero attached hydrogens (tertiary/aromatic N) is 1. The van der Waals surface area contributed by atoms with Gasteiger partial charge in [-0.1, -0.05) is 0 Å². The maximum absolute atomic E-state index is 11.1. The fourth-order valence-electron chi connectivity index (χ4n) is 2.66. The molecule has 0 saturated carbocycles. The van der Waals surface area contributed by atoms with Crippen LogP contribution < -0.4 is 22.1 Å². The molecule has 6 nitrogen and oxygen atoms in total. The lowest BCUT2D eigenvalue weighted by atomic mass is 9.93. The van der Waals surface area contributed by atoms with Gasteiger partial charge in [0.15, 0.2) is 0 Å². The molecule has 1 aliphatic rings. The third-order valence-electron chi connectivity index (χ3n) is 3.76. The zero-order valence-corrected chi connectivity index (χ0v) is 11.3. The fourth-order valence-corrected chi connectivity index (χ4v) is 2.66. The number of carbonyl (C=O) groups excluding carboxylic acids is 2. The molecule has 0 bridgehead atoms. The van der Waals surface area contributed by atoms with Crippen molar-refractivity contribution < 1.29 is 9.59 Å². The summed E-state index contributed by atoms with van der Waals surface area (Å²) in [7, 11) is 0. The Morgan fingerprint density at radius 1 is 1.20 bits per heavy atom. The van der Waals surface area contributed by atoms with Crippen LogP contribution in [0.15, 0.2) is 18.2 Å². The van der Waals surface area contributed by atoms with E-state index >= 15 is 0 Å². The largest absolute Gasteiger partial charge is 0.397 e. The first-order valence-corrected chi connectivity index (χ1v) is 6.70. The van der Waals surface area contributed by atoms with E-state index in [1.54, 1.807) is 12.1 Å². The molecule has 0 atom stereocenters. The molecule has 2 amide bonds. The topological polar surface area (TPSA) is 115 Å². The number of nitrogen functional groups attached to an aromatic ring is 1. The molecule has 6 N–H and O–H groups in total. The van der Waals surface area contributed by atoms with Crippen LogP contribution in [0.4, 0.5) is 11.4 Å². The van der Waals surface area contributed by atoms with Crippen LogP contribution in [-0.4, -0.2) is 24.9 Å². The molecule has 1 aromatic carbocycles. The predicted molar refractivity (Wildman–Crippen MR) is 78.1 cm³/mol. The molecule has 1 heterocycles. The van der Waals surface area contributed by atoms with Crippen molar-refractivity contribution >= 4 is 23.2 Å². The number of nitrogens with two attached hydrogens (primary N) is 3. The minimum atomic E-state index is -0.483. The third kappa shape index (κ3) is 3.20. The zero-order valence-electron chi connectivity index (χ0n) is 11.3. The summed E-state index contributed by atoms with van der Waals surface area (Å²) < 4.78 is 0. The van der Waals surface area contributed by atoms with Gasteiger partial charge in [0, 0.05) is 25.1 Å². The van der Waals surface area contributed by atoms with E-state index in [0.717, 1.165) is 31.6 Å². The SMILES string of the molecule is NC(=O)CC1CCN(c2ccc(C(N)=O)cc2N)CC1. The maximum atomic E-state index is 11.1.